The zero-order valence-electron chi connectivity index (χ0n) is 9.25. The van der Waals surface area contributed by atoms with Crippen molar-refractivity contribution in [1.29, 1.82) is 0 Å². The third-order valence-electron chi connectivity index (χ3n) is 4.37. The van der Waals surface area contributed by atoms with E-state index in [2.05, 4.69) is 31.9 Å². The van der Waals surface area contributed by atoms with Crippen LogP contribution in [0, 0.1) is 23.7 Å². The molecule has 98 valence electrons. The van der Waals surface area contributed by atoms with Gasteiger partial charge in [-0.25, -0.2) is 0 Å². The van der Waals surface area contributed by atoms with Crippen molar-refractivity contribution in [3.8, 4) is 0 Å². The maximum Gasteiger partial charge on any atom is 0.323 e. The van der Waals surface area contributed by atoms with Crippen LogP contribution in [0.1, 0.15) is 6.42 Å². The summed E-state index contributed by atoms with van der Waals surface area (Å²) in [5.74, 6) is -2.11. The Morgan fingerprint density at radius 3 is 2.00 bits per heavy atom. The summed E-state index contributed by atoms with van der Waals surface area (Å²) in [6.07, 6.45) is 0.861. The summed E-state index contributed by atoms with van der Waals surface area (Å²) in [4.78, 5) is 36.4. The van der Waals surface area contributed by atoms with Crippen LogP contribution in [0.25, 0.3) is 0 Å². The molecule has 3 rings (SSSR count). The Hall–Kier alpha value is -0.430. The number of amides is 2. The lowest BCUT2D eigenvalue weighted by molar-refractivity contribution is -0.149. The number of aliphatic carboxylic acids is 1. The SMILES string of the molecule is O=C(O)CN1C(=O)[C@@H]2[C@H]3C[C@@H]([C@@H](Br)[C@H]3Br)[C@@H]2C1=O. The predicted molar refractivity (Wildman–Crippen MR) is 68.4 cm³/mol. The molecule has 18 heavy (non-hydrogen) atoms. The molecule has 2 bridgehead atoms. The zero-order valence-corrected chi connectivity index (χ0v) is 12.4. The maximum atomic E-state index is 12.2. The average molecular weight is 381 g/mol. The van der Waals surface area contributed by atoms with Crippen LogP contribution >= 0.6 is 31.9 Å². The van der Waals surface area contributed by atoms with Gasteiger partial charge in [0.25, 0.3) is 0 Å². The Kier molecular flexibility index (Phi) is 2.82. The summed E-state index contributed by atoms with van der Waals surface area (Å²) < 4.78 is 0. The van der Waals surface area contributed by atoms with E-state index < -0.39 is 12.5 Å². The molecule has 0 aromatic rings. The number of alkyl halides is 2. The molecule has 6 atom stereocenters. The molecule has 0 aromatic heterocycles. The fraction of sp³-hybridized carbons (Fsp3) is 0.727. The van der Waals surface area contributed by atoms with Crippen LogP contribution in [0.5, 0.6) is 0 Å². The number of carboxylic acid groups (broad SMARTS) is 1. The minimum atomic E-state index is -1.14. The lowest BCUT2D eigenvalue weighted by Gasteiger charge is -2.28. The van der Waals surface area contributed by atoms with E-state index in [1.54, 1.807) is 0 Å². The number of carboxylic acids is 1. The van der Waals surface area contributed by atoms with Crippen molar-refractivity contribution >= 4 is 49.6 Å². The minimum Gasteiger partial charge on any atom is -0.480 e. The van der Waals surface area contributed by atoms with Crippen LogP contribution in [-0.4, -0.2) is 44.0 Å². The van der Waals surface area contributed by atoms with Crippen LogP contribution in [0.4, 0.5) is 0 Å². The molecule has 2 aliphatic carbocycles. The lowest BCUT2D eigenvalue weighted by atomic mass is 9.81. The number of hydrogen-bond donors (Lipinski definition) is 1. The van der Waals surface area contributed by atoms with Crippen molar-refractivity contribution in [3.63, 3.8) is 0 Å². The van der Waals surface area contributed by atoms with Gasteiger partial charge in [-0.2, -0.15) is 0 Å². The van der Waals surface area contributed by atoms with E-state index >= 15 is 0 Å². The molecule has 0 aromatic carbocycles. The van der Waals surface area contributed by atoms with Crippen molar-refractivity contribution in [3.05, 3.63) is 0 Å². The first kappa shape index (κ1) is 12.6. The van der Waals surface area contributed by atoms with E-state index in [0.29, 0.717) is 0 Å². The minimum absolute atomic E-state index is 0.139. The van der Waals surface area contributed by atoms with E-state index in [-0.39, 0.29) is 45.1 Å². The van der Waals surface area contributed by atoms with E-state index in [9.17, 15) is 14.4 Å². The molecule has 0 unspecified atom stereocenters. The molecule has 1 N–H and O–H groups in total. The second-order valence-electron chi connectivity index (χ2n) is 5.16. The lowest BCUT2D eigenvalue weighted by Crippen LogP contribution is -2.37. The van der Waals surface area contributed by atoms with Gasteiger partial charge in [0.15, 0.2) is 0 Å². The molecule has 2 amide bonds. The highest BCUT2D eigenvalue weighted by molar-refractivity contribution is 9.12. The van der Waals surface area contributed by atoms with Gasteiger partial charge in [-0.05, 0) is 18.3 Å². The first-order valence-corrected chi connectivity index (χ1v) is 7.61. The smallest absolute Gasteiger partial charge is 0.323 e. The summed E-state index contributed by atoms with van der Waals surface area (Å²) in [7, 11) is 0. The van der Waals surface area contributed by atoms with Crippen molar-refractivity contribution in [2.24, 2.45) is 23.7 Å². The summed E-state index contributed by atoms with van der Waals surface area (Å²) in [5.41, 5.74) is 0. The molecular formula is C11H11Br2NO4. The highest BCUT2D eigenvalue weighted by Gasteiger charge is 2.66. The Bertz CT molecular complexity index is 422. The molecule has 7 heteroatoms. The molecule has 0 radical (unpaired) electrons. The number of nitrogens with zero attached hydrogens (tertiary/aromatic N) is 1. The van der Waals surface area contributed by atoms with E-state index in [4.69, 9.17) is 5.11 Å². The fourth-order valence-corrected chi connectivity index (χ4v) is 5.58. The van der Waals surface area contributed by atoms with Gasteiger partial charge in [0, 0.05) is 9.65 Å². The van der Waals surface area contributed by atoms with Gasteiger partial charge in [-0.15, -0.1) is 0 Å². The standard InChI is InChI=1S/C11H11Br2NO4/c12-8-3-1-4(9(8)13)7-6(3)10(17)14(11(7)18)2-5(15)16/h3-4,6-9H,1-2H2,(H,15,16)/t3-,4-,6-,7+,8+,9-/m1/s1. The van der Waals surface area contributed by atoms with Crippen LogP contribution < -0.4 is 0 Å². The number of carbonyl (C=O) groups excluding carboxylic acids is 2. The Balaban J connectivity index is 1.92. The van der Waals surface area contributed by atoms with Crippen molar-refractivity contribution < 1.29 is 19.5 Å². The molecule has 1 aliphatic heterocycles. The summed E-state index contributed by atoms with van der Waals surface area (Å²) in [5, 5.41) is 8.76. The Labute approximate surface area is 120 Å². The number of imide groups is 1. The first-order chi connectivity index (χ1) is 8.43. The second-order valence-corrected chi connectivity index (χ2v) is 7.27. The second kappa shape index (κ2) is 4.03. The van der Waals surface area contributed by atoms with E-state index in [1.807, 2.05) is 0 Å². The number of halogens is 2. The zero-order chi connectivity index (χ0) is 13.2. The molecule has 1 heterocycles. The summed E-state index contributed by atoms with van der Waals surface area (Å²) in [6, 6.07) is 0. The molecule has 1 saturated heterocycles. The fourth-order valence-electron chi connectivity index (χ4n) is 3.70. The van der Waals surface area contributed by atoms with Gasteiger partial charge >= 0.3 is 5.97 Å². The normalized spacial score (nSPS) is 45.8. The van der Waals surface area contributed by atoms with Crippen LogP contribution in [-0.2, 0) is 14.4 Å². The largest absolute Gasteiger partial charge is 0.480 e. The molecule has 5 nitrogen and oxygen atoms in total. The van der Waals surface area contributed by atoms with Gasteiger partial charge in [-0.3, -0.25) is 19.3 Å². The molecule has 3 aliphatic rings. The van der Waals surface area contributed by atoms with Crippen molar-refractivity contribution in [2.45, 2.75) is 16.1 Å². The molecule has 2 saturated carbocycles. The molecule has 3 fully saturated rings. The van der Waals surface area contributed by atoms with Crippen LogP contribution in [0.2, 0.25) is 0 Å². The van der Waals surface area contributed by atoms with Gasteiger partial charge in [0.2, 0.25) is 11.8 Å². The summed E-state index contributed by atoms with van der Waals surface area (Å²) >= 11 is 7.14. The highest BCUT2D eigenvalue weighted by atomic mass is 79.9. The monoisotopic (exact) mass is 379 g/mol. The molecule has 0 spiro atoms. The maximum absolute atomic E-state index is 12.2. The third-order valence-corrected chi connectivity index (χ3v) is 7.58. The van der Waals surface area contributed by atoms with Crippen LogP contribution in [0.3, 0.4) is 0 Å². The van der Waals surface area contributed by atoms with Gasteiger partial charge in [0.05, 0.1) is 11.8 Å². The van der Waals surface area contributed by atoms with Gasteiger partial charge in [-0.1, -0.05) is 31.9 Å². The first-order valence-electron chi connectivity index (χ1n) is 5.78. The number of carbonyl (C=O) groups is 3. The number of rotatable bonds is 2. The Morgan fingerprint density at radius 1 is 1.17 bits per heavy atom. The predicted octanol–water partition coefficient (Wildman–Crippen LogP) is 0.849. The van der Waals surface area contributed by atoms with Crippen molar-refractivity contribution in [1.82, 2.24) is 4.90 Å². The van der Waals surface area contributed by atoms with Crippen LogP contribution in [0.15, 0.2) is 0 Å². The number of fused-ring (bicyclic) bond motifs is 5. The average Bonchev–Trinajstić information content (AvgIpc) is 2.88. The van der Waals surface area contributed by atoms with Gasteiger partial charge in [0.1, 0.15) is 6.54 Å². The Morgan fingerprint density at radius 2 is 1.61 bits per heavy atom. The topological polar surface area (TPSA) is 74.7 Å². The highest BCUT2D eigenvalue weighted by Crippen LogP contribution is 2.60. The molecular weight excluding hydrogens is 370 g/mol. The summed E-state index contributed by atoms with van der Waals surface area (Å²) in [6.45, 7) is -0.510. The van der Waals surface area contributed by atoms with Gasteiger partial charge < -0.3 is 5.11 Å². The van der Waals surface area contributed by atoms with Crippen molar-refractivity contribution in [2.75, 3.05) is 6.54 Å². The van der Waals surface area contributed by atoms with E-state index in [0.717, 1.165) is 11.3 Å². The number of hydrogen-bond acceptors (Lipinski definition) is 3. The van der Waals surface area contributed by atoms with E-state index in [1.165, 1.54) is 0 Å². The number of likely N-dealkylation sites (tertiary alicyclic amines) is 1. The third kappa shape index (κ3) is 1.46. The quantitative estimate of drug-likeness (QED) is 0.569.